The fraction of sp³-hybridized carbons (Fsp3) is 0.211. The second-order valence-electron chi connectivity index (χ2n) is 5.58. The zero-order valence-electron chi connectivity index (χ0n) is 14.2. The van der Waals surface area contributed by atoms with E-state index in [0.29, 0.717) is 35.3 Å². The van der Waals surface area contributed by atoms with E-state index >= 15 is 0 Å². The molecule has 6 heteroatoms. The average Bonchev–Trinajstić information content (AvgIpc) is 2.66. The van der Waals surface area contributed by atoms with Crippen molar-refractivity contribution in [1.29, 1.82) is 0 Å². The number of benzene rings is 1. The Morgan fingerprint density at radius 1 is 1.28 bits per heavy atom. The summed E-state index contributed by atoms with van der Waals surface area (Å²) in [6, 6.07) is 10.6. The first-order chi connectivity index (χ1) is 12.1. The molecule has 1 amide bonds. The monoisotopic (exact) mass is 337 g/mol. The Morgan fingerprint density at radius 2 is 2.12 bits per heavy atom. The van der Waals surface area contributed by atoms with Crippen LogP contribution in [0.3, 0.4) is 0 Å². The van der Waals surface area contributed by atoms with E-state index in [1.165, 1.54) is 4.57 Å². The van der Waals surface area contributed by atoms with E-state index in [0.717, 1.165) is 5.56 Å². The molecule has 6 nitrogen and oxygen atoms in total. The van der Waals surface area contributed by atoms with E-state index in [1.807, 2.05) is 19.1 Å². The number of fused-ring (bicyclic) bond motifs is 1. The second-order valence-corrected chi connectivity index (χ2v) is 5.58. The van der Waals surface area contributed by atoms with Gasteiger partial charge in [-0.2, -0.15) is 0 Å². The van der Waals surface area contributed by atoms with Gasteiger partial charge in [0, 0.05) is 30.9 Å². The third-order valence-electron chi connectivity index (χ3n) is 4.04. The number of ether oxygens (including phenoxy) is 1. The molecule has 0 bridgehead atoms. The van der Waals surface area contributed by atoms with Crippen molar-refractivity contribution in [1.82, 2.24) is 14.9 Å². The summed E-state index contributed by atoms with van der Waals surface area (Å²) in [5.74, 6) is 0.343. The number of nitrogens with zero attached hydrogens (tertiary/aromatic N) is 2. The fourth-order valence-electron chi connectivity index (χ4n) is 2.74. The van der Waals surface area contributed by atoms with E-state index in [1.54, 1.807) is 43.8 Å². The summed E-state index contributed by atoms with van der Waals surface area (Å²) in [5, 5.41) is 4.08. The highest BCUT2D eigenvalue weighted by molar-refractivity contribution is 5.97. The molecule has 128 valence electrons. The lowest BCUT2D eigenvalue weighted by molar-refractivity contribution is 0.0940. The number of carbonyl (C=O) groups excluding carboxylic acids is 1. The molecular weight excluding hydrogens is 318 g/mol. The maximum absolute atomic E-state index is 12.7. The van der Waals surface area contributed by atoms with Crippen molar-refractivity contribution in [2.24, 2.45) is 0 Å². The van der Waals surface area contributed by atoms with Crippen molar-refractivity contribution in [3.8, 4) is 5.75 Å². The van der Waals surface area contributed by atoms with Crippen LogP contribution in [0.4, 0.5) is 0 Å². The number of hydrogen-bond donors (Lipinski definition) is 1. The molecule has 2 aromatic heterocycles. The van der Waals surface area contributed by atoms with Crippen molar-refractivity contribution in [3.05, 3.63) is 70.4 Å². The van der Waals surface area contributed by atoms with Gasteiger partial charge < -0.3 is 14.6 Å². The third-order valence-corrected chi connectivity index (χ3v) is 4.04. The van der Waals surface area contributed by atoms with Gasteiger partial charge >= 0.3 is 0 Å². The Bertz CT molecular complexity index is 965. The molecule has 1 N–H and O–H groups in total. The lowest BCUT2D eigenvalue weighted by Gasteiger charge is -2.13. The summed E-state index contributed by atoms with van der Waals surface area (Å²) in [4.78, 5) is 29.3. The zero-order valence-corrected chi connectivity index (χ0v) is 14.2. The van der Waals surface area contributed by atoms with Crippen LogP contribution in [0.15, 0.2) is 53.6 Å². The molecule has 3 aromatic rings. The van der Waals surface area contributed by atoms with Crippen LogP contribution in [0.5, 0.6) is 5.75 Å². The topological polar surface area (TPSA) is 73.2 Å². The number of pyridine rings is 2. The molecule has 2 heterocycles. The number of rotatable bonds is 5. The van der Waals surface area contributed by atoms with Gasteiger partial charge in [0.25, 0.3) is 11.5 Å². The highest BCUT2D eigenvalue weighted by Gasteiger charge is 2.15. The molecule has 0 atom stereocenters. The van der Waals surface area contributed by atoms with E-state index in [-0.39, 0.29) is 11.5 Å². The van der Waals surface area contributed by atoms with Crippen molar-refractivity contribution in [2.75, 3.05) is 7.11 Å². The highest BCUT2D eigenvalue weighted by Crippen LogP contribution is 2.19. The summed E-state index contributed by atoms with van der Waals surface area (Å²) in [7, 11) is 1.57. The second kappa shape index (κ2) is 7.17. The van der Waals surface area contributed by atoms with Crippen LogP contribution < -0.4 is 15.6 Å². The van der Waals surface area contributed by atoms with Gasteiger partial charge in [-0.1, -0.05) is 6.07 Å². The lowest BCUT2D eigenvalue weighted by atomic mass is 10.1. The quantitative estimate of drug-likeness (QED) is 0.776. The van der Waals surface area contributed by atoms with Crippen LogP contribution in [-0.4, -0.2) is 22.6 Å². The van der Waals surface area contributed by atoms with Crippen LogP contribution >= 0.6 is 0 Å². The summed E-state index contributed by atoms with van der Waals surface area (Å²) in [5.41, 5.74) is 1.04. The predicted molar refractivity (Wildman–Crippen MR) is 95.8 cm³/mol. The number of nitrogens with one attached hydrogen (secondary N) is 1. The molecule has 0 fully saturated rings. The molecule has 0 spiro atoms. The van der Waals surface area contributed by atoms with Crippen LogP contribution in [0.2, 0.25) is 0 Å². The first-order valence-corrected chi connectivity index (χ1v) is 8.02. The molecule has 1 aromatic carbocycles. The van der Waals surface area contributed by atoms with E-state index < -0.39 is 0 Å². The van der Waals surface area contributed by atoms with Crippen LogP contribution in [-0.2, 0) is 13.1 Å². The van der Waals surface area contributed by atoms with Gasteiger partial charge in [-0.15, -0.1) is 0 Å². The number of hydrogen-bond acceptors (Lipinski definition) is 4. The number of aromatic nitrogens is 2. The SMILES string of the molecule is CCn1c(C(=O)NCc2cccnc2)cc2cc(OC)ccc2c1=O. The maximum Gasteiger partial charge on any atom is 0.268 e. The molecule has 0 saturated carbocycles. The average molecular weight is 337 g/mol. The van der Waals surface area contributed by atoms with Gasteiger partial charge in [0.1, 0.15) is 11.4 Å². The third kappa shape index (κ3) is 3.38. The van der Waals surface area contributed by atoms with Crippen LogP contribution in [0.1, 0.15) is 23.0 Å². The first-order valence-electron chi connectivity index (χ1n) is 8.02. The largest absolute Gasteiger partial charge is 0.497 e. The molecule has 0 aliphatic carbocycles. The lowest BCUT2D eigenvalue weighted by Crippen LogP contribution is -2.31. The minimum atomic E-state index is -0.299. The van der Waals surface area contributed by atoms with E-state index in [4.69, 9.17) is 4.74 Å². The molecule has 3 rings (SSSR count). The van der Waals surface area contributed by atoms with E-state index in [9.17, 15) is 9.59 Å². The highest BCUT2D eigenvalue weighted by atomic mass is 16.5. The van der Waals surface area contributed by atoms with Gasteiger partial charge in [-0.05, 0) is 48.2 Å². The fourth-order valence-corrected chi connectivity index (χ4v) is 2.74. The van der Waals surface area contributed by atoms with Gasteiger partial charge in [-0.3, -0.25) is 14.6 Å². The molecular formula is C19H19N3O3. The van der Waals surface area contributed by atoms with Crippen LogP contribution in [0, 0.1) is 0 Å². The minimum absolute atomic E-state index is 0.186. The summed E-state index contributed by atoms with van der Waals surface area (Å²) in [6.45, 7) is 2.60. The van der Waals surface area contributed by atoms with Crippen molar-refractivity contribution in [2.45, 2.75) is 20.0 Å². The van der Waals surface area contributed by atoms with Crippen molar-refractivity contribution in [3.63, 3.8) is 0 Å². The maximum atomic E-state index is 12.7. The smallest absolute Gasteiger partial charge is 0.268 e. The number of methoxy groups -OCH3 is 1. The standard InChI is InChI=1S/C19H19N3O3/c1-3-22-17(18(23)21-12-13-5-4-8-20-11-13)10-14-9-15(25-2)6-7-16(14)19(22)24/h4-11H,3,12H2,1-2H3,(H,21,23). The first kappa shape index (κ1) is 16.7. The Balaban J connectivity index is 1.98. The number of carbonyl (C=O) groups is 1. The molecule has 0 aliphatic rings. The molecule has 25 heavy (non-hydrogen) atoms. The summed E-state index contributed by atoms with van der Waals surface area (Å²) >= 11 is 0. The van der Waals surface area contributed by atoms with E-state index in [2.05, 4.69) is 10.3 Å². The van der Waals surface area contributed by atoms with Crippen molar-refractivity contribution >= 4 is 16.7 Å². The number of amides is 1. The Kier molecular flexibility index (Phi) is 4.79. The zero-order chi connectivity index (χ0) is 17.8. The van der Waals surface area contributed by atoms with Crippen LogP contribution in [0.25, 0.3) is 10.8 Å². The Hall–Kier alpha value is -3.15. The van der Waals surface area contributed by atoms with Gasteiger partial charge in [0.05, 0.1) is 7.11 Å². The summed E-state index contributed by atoms with van der Waals surface area (Å²) in [6.07, 6.45) is 3.37. The minimum Gasteiger partial charge on any atom is -0.497 e. The van der Waals surface area contributed by atoms with Gasteiger partial charge in [0.2, 0.25) is 0 Å². The molecule has 0 radical (unpaired) electrons. The molecule has 0 unspecified atom stereocenters. The predicted octanol–water partition coefficient (Wildman–Crippen LogP) is 2.36. The Morgan fingerprint density at radius 3 is 2.80 bits per heavy atom. The van der Waals surface area contributed by atoms with Gasteiger partial charge in [-0.25, -0.2) is 0 Å². The normalized spacial score (nSPS) is 10.6. The molecule has 0 aliphatic heterocycles. The molecule has 0 saturated heterocycles. The Labute approximate surface area is 145 Å². The van der Waals surface area contributed by atoms with Gasteiger partial charge in [0.15, 0.2) is 0 Å². The van der Waals surface area contributed by atoms with Crippen molar-refractivity contribution < 1.29 is 9.53 Å². The summed E-state index contributed by atoms with van der Waals surface area (Å²) < 4.78 is 6.69.